The normalized spacial score (nSPS) is 13.0. The Hall–Kier alpha value is -3.58. The van der Waals surface area contributed by atoms with E-state index in [0.29, 0.717) is 13.0 Å². The highest BCUT2D eigenvalue weighted by Gasteiger charge is 2.30. The second kappa shape index (κ2) is 15.9. The molecular weight excluding hydrogens is 535 g/mol. The quantitative estimate of drug-likeness (QED) is 0.184. The number of amides is 2. The molecule has 2 rings (SSSR count). The van der Waals surface area contributed by atoms with Gasteiger partial charge in [-0.05, 0) is 38.7 Å². The van der Waals surface area contributed by atoms with Crippen LogP contribution in [0.15, 0.2) is 49.1 Å². The van der Waals surface area contributed by atoms with Gasteiger partial charge in [0.15, 0.2) is 0 Å². The zero-order valence-corrected chi connectivity index (χ0v) is 23.7. The van der Waals surface area contributed by atoms with Crippen LogP contribution in [0.5, 0.6) is 0 Å². The summed E-state index contributed by atoms with van der Waals surface area (Å²) >= 11 is 0. The van der Waals surface area contributed by atoms with Gasteiger partial charge in [-0.1, -0.05) is 44.2 Å². The highest BCUT2D eigenvalue weighted by molar-refractivity contribution is 6.50. The number of ether oxygens (including phenoxy) is 2. The molecule has 0 aliphatic carbocycles. The van der Waals surface area contributed by atoms with Crippen molar-refractivity contribution in [1.29, 1.82) is 0 Å². The van der Waals surface area contributed by atoms with Gasteiger partial charge in [0.25, 0.3) is 0 Å². The Morgan fingerprint density at radius 3 is 2.12 bits per heavy atom. The zero-order valence-electron chi connectivity index (χ0n) is 23.7. The van der Waals surface area contributed by atoms with E-state index >= 15 is 0 Å². The molecule has 0 aliphatic heterocycles. The van der Waals surface area contributed by atoms with E-state index < -0.39 is 42.9 Å². The molecule has 2 atom stereocenters. The maximum absolute atomic E-state index is 13.2. The van der Waals surface area contributed by atoms with Crippen LogP contribution in [0.4, 0.5) is 22.1 Å². The van der Waals surface area contributed by atoms with Crippen molar-refractivity contribution in [2.45, 2.75) is 71.7 Å². The fraction of sp³-hybridized carbons (Fsp3) is 0.538. The first-order valence-electron chi connectivity index (χ1n) is 12.8. The number of hydrogen-bond acceptors (Lipinski definition) is 5. The van der Waals surface area contributed by atoms with Crippen LogP contribution in [0.25, 0.3) is 0 Å². The Balaban J connectivity index is 0.00000146. The van der Waals surface area contributed by atoms with Crippen molar-refractivity contribution in [2.24, 2.45) is 13.0 Å². The molecule has 224 valence electrons. The standard InChI is InChI=1S/C26H38N4O5.BF4/c1-19(2)16-22(24(32)34-15-14-30-13-12-29(6)18-30)27-23(31)21(17-20-10-8-7-9-11-20)28-25(33)35-26(3,4)5;2-1(3,4)5/h7-13,18-19,21-22H,14-17H2,1-6H3,(H-,27,28,31,33);/q;-1/p+1/t21-,22-;/m0./s1. The van der Waals surface area contributed by atoms with Gasteiger partial charge in [0.2, 0.25) is 12.2 Å². The van der Waals surface area contributed by atoms with Crippen molar-refractivity contribution in [3.8, 4) is 0 Å². The first-order valence-corrected chi connectivity index (χ1v) is 12.8. The second-order valence-corrected chi connectivity index (χ2v) is 10.6. The van der Waals surface area contributed by atoms with Crippen LogP contribution in [-0.2, 0) is 39.1 Å². The van der Waals surface area contributed by atoms with Crippen LogP contribution < -0.4 is 15.2 Å². The van der Waals surface area contributed by atoms with E-state index in [1.807, 2.05) is 79.1 Å². The average molecular weight is 574 g/mol. The number of hydrogen-bond donors (Lipinski definition) is 2. The van der Waals surface area contributed by atoms with Crippen molar-refractivity contribution in [3.63, 3.8) is 0 Å². The fourth-order valence-corrected chi connectivity index (χ4v) is 3.45. The second-order valence-electron chi connectivity index (χ2n) is 10.6. The predicted molar refractivity (Wildman–Crippen MR) is 141 cm³/mol. The number of carbonyl (C=O) groups is 3. The molecule has 1 aromatic heterocycles. The molecule has 0 saturated carbocycles. The Labute approximate surface area is 232 Å². The number of aryl methyl sites for hydroxylation is 1. The van der Waals surface area contributed by atoms with Gasteiger partial charge in [-0.25, -0.2) is 18.7 Å². The lowest BCUT2D eigenvalue weighted by molar-refractivity contribution is -0.671. The summed E-state index contributed by atoms with van der Waals surface area (Å²) in [5.74, 6) is -0.832. The first-order chi connectivity index (χ1) is 18.4. The van der Waals surface area contributed by atoms with Crippen molar-refractivity contribution in [1.82, 2.24) is 15.2 Å². The molecule has 0 saturated heterocycles. The highest BCUT2D eigenvalue weighted by atomic mass is 19.5. The van der Waals surface area contributed by atoms with Gasteiger partial charge in [0.05, 0.1) is 7.05 Å². The zero-order chi connectivity index (χ0) is 30.5. The number of nitrogens with one attached hydrogen (secondary N) is 2. The molecule has 0 unspecified atom stereocenters. The number of aromatic nitrogens is 2. The number of nitrogens with zero attached hydrogens (tertiary/aromatic N) is 2. The topological polar surface area (TPSA) is 103 Å². The monoisotopic (exact) mass is 574 g/mol. The molecule has 1 aromatic carbocycles. The van der Waals surface area contributed by atoms with Gasteiger partial charge in [0.1, 0.15) is 43.2 Å². The molecule has 2 N–H and O–H groups in total. The fourth-order valence-electron chi connectivity index (χ4n) is 3.45. The third-order valence-electron chi connectivity index (χ3n) is 5.02. The van der Waals surface area contributed by atoms with E-state index in [1.54, 1.807) is 20.8 Å². The first kappa shape index (κ1) is 34.5. The molecule has 2 aromatic rings. The third kappa shape index (κ3) is 16.4. The van der Waals surface area contributed by atoms with Gasteiger partial charge in [-0.2, -0.15) is 0 Å². The number of rotatable bonds is 11. The van der Waals surface area contributed by atoms with Crippen molar-refractivity contribution in [2.75, 3.05) is 6.61 Å². The SMILES string of the molecule is CC(C)C[C@H](NC(=O)[C@H](Cc1ccccc1)NC(=O)OC(C)(C)C)C(=O)OCCn1cc[n+](C)c1.F[B-](F)(F)F. The van der Waals surface area contributed by atoms with E-state index in [0.717, 1.165) is 5.56 Å². The van der Waals surface area contributed by atoms with E-state index in [-0.39, 0.29) is 18.9 Å². The summed E-state index contributed by atoms with van der Waals surface area (Å²) in [6.45, 7) is 9.87. The summed E-state index contributed by atoms with van der Waals surface area (Å²) in [4.78, 5) is 38.5. The van der Waals surface area contributed by atoms with Gasteiger partial charge < -0.3 is 37.4 Å². The number of carbonyl (C=O) groups excluding carboxylic acids is 3. The smallest absolute Gasteiger partial charge is 0.460 e. The lowest BCUT2D eigenvalue weighted by atomic mass is 10.0. The van der Waals surface area contributed by atoms with Crippen molar-refractivity contribution < 1.29 is 45.7 Å². The molecule has 2 amide bonds. The summed E-state index contributed by atoms with van der Waals surface area (Å²) in [6, 6.07) is 7.60. The summed E-state index contributed by atoms with van der Waals surface area (Å²) in [5, 5.41) is 5.45. The summed E-state index contributed by atoms with van der Waals surface area (Å²) in [7, 11) is -4.09. The molecule has 0 spiro atoms. The molecule has 0 bridgehead atoms. The Kier molecular flexibility index (Phi) is 13.7. The molecule has 0 fully saturated rings. The molecule has 1 heterocycles. The van der Waals surface area contributed by atoms with Crippen molar-refractivity contribution >= 4 is 25.2 Å². The summed E-state index contributed by atoms with van der Waals surface area (Å²) in [6.07, 6.45) is 5.63. The Bertz CT molecular complexity index is 1070. The number of alkyl carbamates (subject to hydrolysis) is 1. The van der Waals surface area contributed by atoms with Crippen LogP contribution in [0, 0.1) is 5.92 Å². The van der Waals surface area contributed by atoms with Crippen LogP contribution in [0.1, 0.15) is 46.6 Å². The third-order valence-corrected chi connectivity index (χ3v) is 5.02. The van der Waals surface area contributed by atoms with E-state index in [2.05, 4.69) is 10.6 Å². The van der Waals surface area contributed by atoms with Crippen molar-refractivity contribution in [3.05, 3.63) is 54.6 Å². The van der Waals surface area contributed by atoms with E-state index in [9.17, 15) is 31.6 Å². The maximum Gasteiger partial charge on any atom is 0.673 e. The van der Waals surface area contributed by atoms with Gasteiger partial charge >= 0.3 is 19.3 Å². The van der Waals surface area contributed by atoms with Gasteiger partial charge in [0, 0.05) is 6.42 Å². The number of imidazole rings is 1. The molecular formula is C26H39BF4N4O5. The minimum Gasteiger partial charge on any atom is -0.460 e. The highest BCUT2D eigenvalue weighted by Crippen LogP contribution is 2.11. The number of benzene rings is 1. The molecule has 40 heavy (non-hydrogen) atoms. The van der Waals surface area contributed by atoms with Crippen LogP contribution >= 0.6 is 0 Å². The van der Waals surface area contributed by atoms with E-state index in [1.165, 1.54) is 0 Å². The van der Waals surface area contributed by atoms with Crippen LogP contribution in [0.2, 0.25) is 0 Å². The van der Waals surface area contributed by atoms with Gasteiger partial charge in [-0.15, -0.1) is 0 Å². The lowest BCUT2D eigenvalue weighted by Crippen LogP contribution is -2.53. The number of halogens is 4. The minimum atomic E-state index is -6.00. The molecule has 0 aliphatic rings. The largest absolute Gasteiger partial charge is 0.673 e. The minimum absolute atomic E-state index is 0.141. The molecule has 0 radical (unpaired) electrons. The van der Waals surface area contributed by atoms with E-state index in [4.69, 9.17) is 9.47 Å². The van der Waals surface area contributed by atoms with Crippen LogP contribution in [0.3, 0.4) is 0 Å². The summed E-state index contributed by atoms with van der Waals surface area (Å²) < 4.78 is 53.6. The maximum atomic E-state index is 13.2. The lowest BCUT2D eigenvalue weighted by Gasteiger charge is -2.25. The Morgan fingerprint density at radius 2 is 1.62 bits per heavy atom. The molecule has 9 nitrogen and oxygen atoms in total. The number of esters is 1. The van der Waals surface area contributed by atoms with Gasteiger partial charge in [-0.3, -0.25) is 4.79 Å². The predicted octanol–water partition coefficient (Wildman–Crippen LogP) is 3.82. The summed E-state index contributed by atoms with van der Waals surface area (Å²) in [5.41, 5.74) is 0.157. The average Bonchev–Trinajstić information content (AvgIpc) is 3.21. The molecule has 14 heteroatoms. The van der Waals surface area contributed by atoms with Crippen LogP contribution in [-0.4, -0.2) is 54.1 Å². The Morgan fingerprint density at radius 1 is 1.02 bits per heavy atom.